The minimum atomic E-state index is -3.23. The Balaban J connectivity index is 1.85. The maximum Gasteiger partial charge on any atom is 0.307 e. The molecule has 1 saturated heterocycles. The van der Waals surface area contributed by atoms with Gasteiger partial charge in [-0.05, 0) is 18.8 Å². The van der Waals surface area contributed by atoms with Crippen LogP contribution < -0.4 is 0 Å². The van der Waals surface area contributed by atoms with Gasteiger partial charge in [-0.25, -0.2) is 12.7 Å². The maximum atomic E-state index is 12.0. The molecule has 1 aliphatic carbocycles. The van der Waals surface area contributed by atoms with Crippen LogP contribution in [0, 0.1) is 11.8 Å². The van der Waals surface area contributed by atoms with E-state index >= 15 is 0 Å². The lowest BCUT2D eigenvalue weighted by molar-refractivity contribution is -0.141. The van der Waals surface area contributed by atoms with Crippen molar-refractivity contribution in [2.24, 2.45) is 11.8 Å². The summed E-state index contributed by atoms with van der Waals surface area (Å²) in [7, 11) is -3.23. The zero-order valence-electron chi connectivity index (χ0n) is 9.84. The second kappa shape index (κ2) is 4.94. The Kier molecular flexibility index (Phi) is 3.73. The highest BCUT2D eigenvalue weighted by molar-refractivity contribution is 7.89. The van der Waals surface area contributed by atoms with E-state index in [9.17, 15) is 13.2 Å². The number of hydrogen-bond donors (Lipinski definition) is 1. The molecule has 0 bridgehead atoms. The van der Waals surface area contributed by atoms with Gasteiger partial charge in [-0.2, -0.15) is 0 Å². The standard InChI is InChI=1S/C11H19NO4S/c13-11(14)10-4-6-12(8-10)17(15,16)7-5-9-2-1-3-9/h9-10H,1-8H2,(H,13,14). The van der Waals surface area contributed by atoms with Crippen molar-refractivity contribution in [3.63, 3.8) is 0 Å². The highest BCUT2D eigenvalue weighted by Crippen LogP contribution is 2.30. The van der Waals surface area contributed by atoms with Crippen molar-refractivity contribution < 1.29 is 18.3 Å². The summed E-state index contributed by atoms with van der Waals surface area (Å²) in [6.07, 6.45) is 4.69. The molecule has 2 rings (SSSR count). The second-order valence-electron chi connectivity index (χ2n) is 5.08. The first-order chi connectivity index (χ1) is 7.99. The van der Waals surface area contributed by atoms with Crippen molar-refractivity contribution in [2.45, 2.75) is 32.1 Å². The molecule has 1 aliphatic heterocycles. The number of carboxylic acid groups (broad SMARTS) is 1. The van der Waals surface area contributed by atoms with Crippen molar-refractivity contribution in [1.82, 2.24) is 4.31 Å². The predicted octanol–water partition coefficient (Wildman–Crippen LogP) is 0.913. The predicted molar refractivity (Wildman–Crippen MR) is 63.1 cm³/mol. The van der Waals surface area contributed by atoms with Crippen molar-refractivity contribution in [3.05, 3.63) is 0 Å². The van der Waals surface area contributed by atoms with E-state index in [2.05, 4.69) is 0 Å². The lowest BCUT2D eigenvalue weighted by atomic mass is 9.84. The smallest absolute Gasteiger partial charge is 0.307 e. The topological polar surface area (TPSA) is 74.7 Å². The minimum Gasteiger partial charge on any atom is -0.481 e. The fourth-order valence-electron chi connectivity index (χ4n) is 2.41. The zero-order valence-corrected chi connectivity index (χ0v) is 10.7. The number of aliphatic carboxylic acids is 1. The van der Waals surface area contributed by atoms with Crippen LogP contribution in [0.1, 0.15) is 32.1 Å². The molecular formula is C11H19NO4S. The van der Waals surface area contributed by atoms with Crippen LogP contribution in [0.4, 0.5) is 0 Å². The van der Waals surface area contributed by atoms with Gasteiger partial charge in [-0.3, -0.25) is 4.79 Å². The lowest BCUT2D eigenvalue weighted by Crippen LogP contribution is -2.33. The quantitative estimate of drug-likeness (QED) is 0.798. The summed E-state index contributed by atoms with van der Waals surface area (Å²) in [6.45, 7) is 0.520. The molecule has 17 heavy (non-hydrogen) atoms. The summed E-state index contributed by atoms with van der Waals surface area (Å²) in [5, 5.41) is 8.84. The van der Waals surface area contributed by atoms with E-state index in [1.807, 2.05) is 0 Å². The van der Waals surface area contributed by atoms with Crippen LogP contribution in [0.15, 0.2) is 0 Å². The maximum absolute atomic E-state index is 12.0. The monoisotopic (exact) mass is 261 g/mol. The van der Waals surface area contributed by atoms with Crippen molar-refractivity contribution in [1.29, 1.82) is 0 Å². The molecule has 0 aromatic rings. The van der Waals surface area contributed by atoms with Crippen LogP contribution in [0.5, 0.6) is 0 Å². The molecular weight excluding hydrogens is 242 g/mol. The Morgan fingerprint density at radius 2 is 2.00 bits per heavy atom. The van der Waals surface area contributed by atoms with Gasteiger partial charge in [-0.1, -0.05) is 19.3 Å². The molecule has 1 N–H and O–H groups in total. The largest absolute Gasteiger partial charge is 0.481 e. The van der Waals surface area contributed by atoms with E-state index in [1.165, 1.54) is 10.7 Å². The van der Waals surface area contributed by atoms with Gasteiger partial charge in [0.2, 0.25) is 10.0 Å². The van der Waals surface area contributed by atoms with Crippen LogP contribution in [-0.2, 0) is 14.8 Å². The molecule has 0 amide bonds. The first-order valence-electron chi connectivity index (χ1n) is 6.19. The molecule has 0 aromatic carbocycles. The molecule has 5 nitrogen and oxygen atoms in total. The third-order valence-corrected chi connectivity index (χ3v) is 5.77. The fourth-order valence-corrected chi connectivity index (χ4v) is 4.09. The van der Waals surface area contributed by atoms with Crippen LogP contribution >= 0.6 is 0 Å². The van der Waals surface area contributed by atoms with E-state index in [4.69, 9.17) is 5.11 Å². The molecule has 1 atom stereocenters. The number of carbonyl (C=O) groups is 1. The summed E-state index contributed by atoms with van der Waals surface area (Å²) >= 11 is 0. The van der Waals surface area contributed by atoms with Crippen molar-refractivity contribution >= 4 is 16.0 Å². The van der Waals surface area contributed by atoms with Crippen LogP contribution in [0.3, 0.4) is 0 Å². The molecule has 1 saturated carbocycles. The lowest BCUT2D eigenvalue weighted by Gasteiger charge is -2.26. The molecule has 0 spiro atoms. The van der Waals surface area contributed by atoms with E-state index in [0.717, 1.165) is 19.3 Å². The number of sulfonamides is 1. The van der Waals surface area contributed by atoms with Gasteiger partial charge < -0.3 is 5.11 Å². The van der Waals surface area contributed by atoms with E-state index in [0.29, 0.717) is 18.9 Å². The van der Waals surface area contributed by atoms with Gasteiger partial charge in [0.25, 0.3) is 0 Å². The van der Waals surface area contributed by atoms with E-state index < -0.39 is 21.9 Å². The molecule has 1 unspecified atom stereocenters. The van der Waals surface area contributed by atoms with Gasteiger partial charge in [-0.15, -0.1) is 0 Å². The molecule has 0 aromatic heterocycles. The minimum absolute atomic E-state index is 0.155. The Morgan fingerprint density at radius 3 is 2.47 bits per heavy atom. The summed E-state index contributed by atoms with van der Waals surface area (Å²) in [6, 6.07) is 0. The molecule has 2 fully saturated rings. The highest BCUT2D eigenvalue weighted by Gasteiger charge is 2.35. The summed E-state index contributed by atoms with van der Waals surface area (Å²) in [4.78, 5) is 10.8. The van der Waals surface area contributed by atoms with Gasteiger partial charge in [0.15, 0.2) is 0 Å². The Hall–Kier alpha value is -0.620. The Labute approximate surface area is 102 Å². The number of hydrogen-bond acceptors (Lipinski definition) is 3. The van der Waals surface area contributed by atoms with Crippen molar-refractivity contribution in [2.75, 3.05) is 18.8 Å². The van der Waals surface area contributed by atoms with Gasteiger partial charge in [0, 0.05) is 13.1 Å². The van der Waals surface area contributed by atoms with E-state index in [1.54, 1.807) is 0 Å². The normalized spacial score (nSPS) is 26.9. The summed E-state index contributed by atoms with van der Waals surface area (Å²) in [5.41, 5.74) is 0. The summed E-state index contributed by atoms with van der Waals surface area (Å²) < 4.78 is 25.3. The van der Waals surface area contributed by atoms with Gasteiger partial charge in [0.1, 0.15) is 0 Å². The average Bonchev–Trinajstić information content (AvgIpc) is 2.63. The highest BCUT2D eigenvalue weighted by atomic mass is 32.2. The van der Waals surface area contributed by atoms with Crippen LogP contribution in [0.2, 0.25) is 0 Å². The SMILES string of the molecule is O=C(O)C1CCN(S(=O)(=O)CCC2CCC2)C1. The van der Waals surface area contributed by atoms with Crippen molar-refractivity contribution in [3.8, 4) is 0 Å². The number of nitrogens with zero attached hydrogens (tertiary/aromatic N) is 1. The Bertz CT molecular complexity index is 388. The average molecular weight is 261 g/mol. The fraction of sp³-hybridized carbons (Fsp3) is 0.909. The molecule has 1 heterocycles. The van der Waals surface area contributed by atoms with Gasteiger partial charge >= 0.3 is 5.97 Å². The molecule has 0 radical (unpaired) electrons. The van der Waals surface area contributed by atoms with E-state index in [-0.39, 0.29) is 12.3 Å². The number of rotatable bonds is 5. The van der Waals surface area contributed by atoms with Crippen LogP contribution in [0.25, 0.3) is 0 Å². The molecule has 6 heteroatoms. The summed E-state index contributed by atoms with van der Waals surface area (Å²) in [5.74, 6) is -0.651. The molecule has 2 aliphatic rings. The first kappa shape index (κ1) is 12.8. The second-order valence-corrected chi connectivity index (χ2v) is 7.17. The van der Waals surface area contributed by atoms with Gasteiger partial charge in [0.05, 0.1) is 11.7 Å². The third kappa shape index (κ3) is 2.98. The first-order valence-corrected chi connectivity index (χ1v) is 7.80. The number of carboxylic acids is 1. The Morgan fingerprint density at radius 1 is 1.29 bits per heavy atom. The zero-order chi connectivity index (χ0) is 12.5. The molecule has 98 valence electrons. The third-order valence-electron chi connectivity index (χ3n) is 3.90. The van der Waals surface area contributed by atoms with Crippen LogP contribution in [-0.4, -0.2) is 42.6 Å².